The molecule has 5 heteroatoms. The summed E-state index contributed by atoms with van der Waals surface area (Å²) in [5.74, 6) is -1.42. The van der Waals surface area contributed by atoms with Crippen LogP contribution in [0.3, 0.4) is 0 Å². The fourth-order valence-electron chi connectivity index (χ4n) is 0.981. The van der Waals surface area contributed by atoms with Crippen molar-refractivity contribution in [1.82, 2.24) is 0 Å². The number of carbonyl (C=O) groups is 2. The SMILES string of the molecule is NC(=O)c1ccc(N)cc1C(N)=O. The highest BCUT2D eigenvalue weighted by atomic mass is 16.2. The summed E-state index contributed by atoms with van der Waals surface area (Å²) >= 11 is 0. The van der Waals surface area contributed by atoms with E-state index in [0.29, 0.717) is 5.69 Å². The maximum atomic E-state index is 10.8. The Labute approximate surface area is 74.5 Å². The minimum Gasteiger partial charge on any atom is -0.399 e. The fourth-order valence-corrected chi connectivity index (χ4v) is 0.981. The van der Waals surface area contributed by atoms with Gasteiger partial charge in [0.1, 0.15) is 0 Å². The summed E-state index contributed by atoms with van der Waals surface area (Å²) in [6.45, 7) is 0. The third kappa shape index (κ3) is 1.76. The molecule has 0 spiro atoms. The van der Waals surface area contributed by atoms with Crippen LogP contribution in [-0.4, -0.2) is 11.8 Å². The van der Waals surface area contributed by atoms with Crippen molar-refractivity contribution in [3.8, 4) is 0 Å². The third-order valence-electron chi connectivity index (χ3n) is 1.57. The first-order chi connectivity index (χ1) is 6.02. The van der Waals surface area contributed by atoms with E-state index >= 15 is 0 Å². The predicted molar refractivity (Wildman–Crippen MR) is 47.9 cm³/mol. The van der Waals surface area contributed by atoms with Crippen LogP contribution in [-0.2, 0) is 0 Å². The van der Waals surface area contributed by atoms with Gasteiger partial charge in [-0.1, -0.05) is 0 Å². The van der Waals surface area contributed by atoms with Crippen molar-refractivity contribution < 1.29 is 9.59 Å². The van der Waals surface area contributed by atoms with Gasteiger partial charge in [-0.2, -0.15) is 0 Å². The quantitative estimate of drug-likeness (QED) is 0.530. The number of nitrogens with two attached hydrogens (primary N) is 3. The maximum Gasteiger partial charge on any atom is 0.249 e. The fraction of sp³-hybridized carbons (Fsp3) is 0. The van der Waals surface area contributed by atoms with Crippen LogP contribution in [0.5, 0.6) is 0 Å². The molecule has 0 bridgehead atoms. The number of carbonyl (C=O) groups excluding carboxylic acids is 2. The second-order valence-electron chi connectivity index (χ2n) is 2.53. The average Bonchev–Trinajstić information content (AvgIpc) is 2.03. The molecule has 0 radical (unpaired) electrons. The predicted octanol–water partition coefficient (Wildman–Crippen LogP) is -0.533. The zero-order valence-electron chi connectivity index (χ0n) is 6.78. The van der Waals surface area contributed by atoms with Crippen LogP contribution in [0.4, 0.5) is 5.69 Å². The topological polar surface area (TPSA) is 112 Å². The van der Waals surface area contributed by atoms with Gasteiger partial charge in [0.2, 0.25) is 11.8 Å². The smallest absolute Gasteiger partial charge is 0.249 e. The number of anilines is 1. The second kappa shape index (κ2) is 3.14. The van der Waals surface area contributed by atoms with Gasteiger partial charge in [-0.15, -0.1) is 0 Å². The Balaban J connectivity index is 3.35. The van der Waals surface area contributed by atoms with E-state index in [2.05, 4.69) is 0 Å². The van der Waals surface area contributed by atoms with Crippen molar-refractivity contribution in [2.45, 2.75) is 0 Å². The highest BCUT2D eigenvalue weighted by Crippen LogP contribution is 2.12. The second-order valence-corrected chi connectivity index (χ2v) is 2.53. The number of hydrogen-bond donors (Lipinski definition) is 3. The lowest BCUT2D eigenvalue weighted by atomic mass is 10.1. The molecule has 1 rings (SSSR count). The van der Waals surface area contributed by atoms with Gasteiger partial charge in [0, 0.05) is 5.69 Å². The van der Waals surface area contributed by atoms with Gasteiger partial charge in [-0.3, -0.25) is 9.59 Å². The molecule has 68 valence electrons. The Morgan fingerprint density at radius 3 is 2.00 bits per heavy atom. The summed E-state index contributed by atoms with van der Waals surface area (Å²) in [6, 6.07) is 4.17. The van der Waals surface area contributed by atoms with E-state index in [9.17, 15) is 9.59 Å². The van der Waals surface area contributed by atoms with Gasteiger partial charge in [0.05, 0.1) is 11.1 Å². The number of primary amides is 2. The highest BCUT2D eigenvalue weighted by molar-refractivity contribution is 6.06. The highest BCUT2D eigenvalue weighted by Gasteiger charge is 2.12. The van der Waals surface area contributed by atoms with Gasteiger partial charge >= 0.3 is 0 Å². The molecule has 0 fully saturated rings. The minimum absolute atomic E-state index is 0.0486. The minimum atomic E-state index is -0.721. The lowest BCUT2D eigenvalue weighted by Crippen LogP contribution is -2.20. The maximum absolute atomic E-state index is 10.8. The molecule has 0 heterocycles. The van der Waals surface area contributed by atoms with Crippen LogP contribution in [0, 0.1) is 0 Å². The number of nitrogen functional groups attached to an aromatic ring is 1. The molecule has 13 heavy (non-hydrogen) atoms. The molecule has 0 saturated carbocycles. The lowest BCUT2D eigenvalue weighted by Gasteiger charge is -2.03. The first-order valence-electron chi connectivity index (χ1n) is 3.51. The Kier molecular flexibility index (Phi) is 2.19. The average molecular weight is 179 g/mol. The van der Waals surface area contributed by atoms with Crippen LogP contribution >= 0.6 is 0 Å². The van der Waals surface area contributed by atoms with Crippen LogP contribution in [0.1, 0.15) is 20.7 Å². The summed E-state index contributed by atoms with van der Waals surface area (Å²) in [7, 11) is 0. The summed E-state index contributed by atoms with van der Waals surface area (Å²) in [5.41, 5.74) is 15.9. The molecule has 5 nitrogen and oxygen atoms in total. The molecular formula is C8H9N3O2. The largest absolute Gasteiger partial charge is 0.399 e. The molecule has 0 unspecified atom stereocenters. The van der Waals surface area contributed by atoms with Gasteiger partial charge in [0.15, 0.2) is 0 Å². The van der Waals surface area contributed by atoms with Gasteiger partial charge in [-0.05, 0) is 18.2 Å². The molecule has 0 aliphatic rings. The van der Waals surface area contributed by atoms with E-state index in [0.717, 1.165) is 0 Å². The van der Waals surface area contributed by atoms with Crippen LogP contribution < -0.4 is 17.2 Å². The van der Waals surface area contributed by atoms with E-state index in [4.69, 9.17) is 17.2 Å². The van der Waals surface area contributed by atoms with Crippen molar-refractivity contribution in [3.63, 3.8) is 0 Å². The van der Waals surface area contributed by atoms with Crippen molar-refractivity contribution in [2.24, 2.45) is 11.5 Å². The summed E-state index contributed by atoms with van der Waals surface area (Å²) in [4.78, 5) is 21.6. The van der Waals surface area contributed by atoms with Crippen molar-refractivity contribution in [2.75, 3.05) is 5.73 Å². The van der Waals surface area contributed by atoms with Crippen LogP contribution in [0.25, 0.3) is 0 Å². The van der Waals surface area contributed by atoms with E-state index in [1.807, 2.05) is 0 Å². The molecule has 0 aliphatic heterocycles. The van der Waals surface area contributed by atoms with Crippen LogP contribution in [0.15, 0.2) is 18.2 Å². The Hall–Kier alpha value is -2.04. The molecule has 0 aliphatic carbocycles. The summed E-state index contributed by atoms with van der Waals surface area (Å²) in [5, 5.41) is 0. The first kappa shape index (κ1) is 9.05. The zero-order valence-corrected chi connectivity index (χ0v) is 6.78. The zero-order chi connectivity index (χ0) is 10.0. The van der Waals surface area contributed by atoms with Gasteiger partial charge in [-0.25, -0.2) is 0 Å². The number of rotatable bonds is 2. The Morgan fingerprint density at radius 1 is 1.00 bits per heavy atom. The van der Waals surface area contributed by atoms with E-state index < -0.39 is 11.8 Å². The molecule has 1 aromatic carbocycles. The van der Waals surface area contributed by atoms with Gasteiger partial charge < -0.3 is 17.2 Å². The molecule has 0 aromatic heterocycles. The first-order valence-corrected chi connectivity index (χ1v) is 3.51. The summed E-state index contributed by atoms with van der Waals surface area (Å²) < 4.78 is 0. The van der Waals surface area contributed by atoms with Crippen LogP contribution in [0.2, 0.25) is 0 Å². The standard InChI is InChI=1S/C8H9N3O2/c9-4-1-2-5(7(10)12)6(3-4)8(11)13/h1-3H,9H2,(H2,10,12)(H2,11,13). The van der Waals surface area contributed by atoms with Gasteiger partial charge in [0.25, 0.3) is 0 Å². The number of hydrogen-bond acceptors (Lipinski definition) is 3. The molecule has 2 amide bonds. The Bertz CT molecular complexity index is 374. The van der Waals surface area contributed by atoms with Crippen molar-refractivity contribution >= 4 is 17.5 Å². The summed E-state index contributed by atoms with van der Waals surface area (Å²) in [6.07, 6.45) is 0. The normalized spacial score (nSPS) is 9.54. The molecular weight excluding hydrogens is 170 g/mol. The number of benzene rings is 1. The van der Waals surface area contributed by atoms with E-state index in [1.54, 1.807) is 0 Å². The van der Waals surface area contributed by atoms with Crippen molar-refractivity contribution in [1.29, 1.82) is 0 Å². The Morgan fingerprint density at radius 2 is 1.54 bits per heavy atom. The third-order valence-corrected chi connectivity index (χ3v) is 1.57. The lowest BCUT2D eigenvalue weighted by molar-refractivity contribution is 0.0967. The van der Waals surface area contributed by atoms with E-state index in [-0.39, 0.29) is 11.1 Å². The molecule has 0 atom stereocenters. The van der Waals surface area contributed by atoms with Crippen molar-refractivity contribution in [3.05, 3.63) is 29.3 Å². The molecule has 6 N–H and O–H groups in total. The molecule has 1 aromatic rings. The monoisotopic (exact) mass is 179 g/mol. The molecule has 0 saturated heterocycles. The number of amides is 2. The van der Waals surface area contributed by atoms with E-state index in [1.165, 1.54) is 18.2 Å².